The second kappa shape index (κ2) is 4.92. The van der Waals surface area contributed by atoms with Crippen LogP contribution in [0.3, 0.4) is 0 Å². The molecule has 5 nitrogen and oxygen atoms in total. The molecule has 0 aliphatic heterocycles. The third-order valence-corrected chi connectivity index (χ3v) is 4.07. The first kappa shape index (κ1) is 12.6. The van der Waals surface area contributed by atoms with Crippen LogP contribution in [0.25, 0.3) is 11.4 Å². The minimum Gasteiger partial charge on any atom is -0.372 e. The third kappa shape index (κ3) is 2.36. The van der Waals surface area contributed by atoms with E-state index in [1.165, 1.54) is 12.8 Å². The molecule has 1 fully saturated rings. The van der Waals surface area contributed by atoms with Crippen LogP contribution in [0.15, 0.2) is 16.9 Å². The molecule has 0 aromatic carbocycles. The molecule has 6 heteroatoms. The number of halogens is 1. The molecule has 2 heterocycles. The summed E-state index contributed by atoms with van der Waals surface area (Å²) in [5.74, 6) is 2.16. The molecule has 1 aliphatic carbocycles. The number of hydrogen-bond acceptors (Lipinski definition) is 4. The van der Waals surface area contributed by atoms with Crippen molar-refractivity contribution in [2.75, 3.05) is 12.4 Å². The highest BCUT2D eigenvalue weighted by atomic mass is 79.9. The maximum absolute atomic E-state index is 4.71. The first-order chi connectivity index (χ1) is 9.22. The Kier molecular flexibility index (Phi) is 3.26. The number of nitrogens with zero attached hydrogens (tertiary/aromatic N) is 4. The van der Waals surface area contributed by atoms with Gasteiger partial charge in [0.05, 0.1) is 21.9 Å². The average Bonchev–Trinajstić information content (AvgIpc) is 3.16. The van der Waals surface area contributed by atoms with Crippen molar-refractivity contribution >= 4 is 21.7 Å². The molecule has 0 amide bonds. The molecule has 0 atom stereocenters. The first-order valence-corrected chi connectivity index (χ1v) is 7.30. The standard InChI is InChI=1S/C13H16BrN5/c1-3-19-7-9(6-16-19)12-17-11(8-4-5-8)10(14)13(15-2)18-12/h6-8H,3-5H2,1-2H3,(H,15,17,18). The van der Waals surface area contributed by atoms with Crippen LogP contribution in [-0.4, -0.2) is 26.8 Å². The van der Waals surface area contributed by atoms with Crippen molar-refractivity contribution in [2.24, 2.45) is 0 Å². The Morgan fingerprint density at radius 1 is 1.42 bits per heavy atom. The quantitative estimate of drug-likeness (QED) is 0.940. The van der Waals surface area contributed by atoms with E-state index in [2.05, 4.69) is 38.3 Å². The molecule has 100 valence electrons. The van der Waals surface area contributed by atoms with Crippen LogP contribution in [-0.2, 0) is 6.54 Å². The van der Waals surface area contributed by atoms with Crippen molar-refractivity contribution < 1.29 is 0 Å². The van der Waals surface area contributed by atoms with Gasteiger partial charge in [0, 0.05) is 25.7 Å². The monoisotopic (exact) mass is 321 g/mol. The molecule has 2 aromatic rings. The second-order valence-electron chi connectivity index (χ2n) is 4.70. The van der Waals surface area contributed by atoms with Crippen molar-refractivity contribution in [2.45, 2.75) is 32.2 Å². The van der Waals surface area contributed by atoms with Crippen molar-refractivity contribution in [3.8, 4) is 11.4 Å². The van der Waals surface area contributed by atoms with E-state index in [1.54, 1.807) is 0 Å². The molecule has 0 unspecified atom stereocenters. The van der Waals surface area contributed by atoms with E-state index in [0.717, 1.165) is 33.9 Å². The van der Waals surface area contributed by atoms with Gasteiger partial charge in [-0.05, 0) is 35.7 Å². The zero-order valence-corrected chi connectivity index (χ0v) is 12.6. The molecular weight excluding hydrogens is 306 g/mol. The summed E-state index contributed by atoms with van der Waals surface area (Å²) >= 11 is 3.60. The van der Waals surface area contributed by atoms with Crippen LogP contribution in [0.4, 0.5) is 5.82 Å². The zero-order valence-electron chi connectivity index (χ0n) is 11.0. The van der Waals surface area contributed by atoms with Crippen molar-refractivity contribution in [1.29, 1.82) is 0 Å². The minimum absolute atomic E-state index is 0.574. The van der Waals surface area contributed by atoms with Gasteiger partial charge < -0.3 is 5.32 Å². The predicted molar refractivity (Wildman–Crippen MR) is 78.1 cm³/mol. The number of rotatable bonds is 4. The number of aromatic nitrogens is 4. The Morgan fingerprint density at radius 3 is 2.79 bits per heavy atom. The van der Waals surface area contributed by atoms with E-state index >= 15 is 0 Å². The molecule has 0 bridgehead atoms. The molecule has 1 N–H and O–H groups in total. The fraction of sp³-hybridized carbons (Fsp3) is 0.462. The van der Waals surface area contributed by atoms with Crippen LogP contribution in [0.2, 0.25) is 0 Å². The van der Waals surface area contributed by atoms with Crippen LogP contribution in [0.1, 0.15) is 31.4 Å². The van der Waals surface area contributed by atoms with Gasteiger partial charge in [-0.25, -0.2) is 9.97 Å². The van der Waals surface area contributed by atoms with Gasteiger partial charge in [0.15, 0.2) is 5.82 Å². The first-order valence-electron chi connectivity index (χ1n) is 6.51. The summed E-state index contributed by atoms with van der Waals surface area (Å²) in [6.07, 6.45) is 6.24. The Bertz CT molecular complexity index is 603. The molecule has 2 aromatic heterocycles. The summed E-state index contributed by atoms with van der Waals surface area (Å²) in [7, 11) is 1.88. The minimum atomic E-state index is 0.574. The van der Waals surface area contributed by atoms with E-state index in [1.807, 2.05) is 24.1 Å². The third-order valence-electron chi connectivity index (χ3n) is 3.29. The van der Waals surface area contributed by atoms with E-state index in [0.29, 0.717) is 5.92 Å². The Labute approximate surface area is 120 Å². The fourth-order valence-electron chi connectivity index (χ4n) is 2.04. The highest BCUT2D eigenvalue weighted by molar-refractivity contribution is 9.10. The summed E-state index contributed by atoms with van der Waals surface area (Å²) in [5, 5.41) is 7.41. The lowest BCUT2D eigenvalue weighted by atomic mass is 10.2. The van der Waals surface area contributed by atoms with E-state index in [9.17, 15) is 0 Å². The highest BCUT2D eigenvalue weighted by Gasteiger charge is 2.29. The smallest absolute Gasteiger partial charge is 0.165 e. The molecule has 1 saturated carbocycles. The zero-order chi connectivity index (χ0) is 13.4. The molecule has 0 spiro atoms. The van der Waals surface area contributed by atoms with Crippen molar-refractivity contribution in [3.63, 3.8) is 0 Å². The average molecular weight is 322 g/mol. The lowest BCUT2D eigenvalue weighted by Crippen LogP contribution is -2.02. The molecular formula is C13H16BrN5. The van der Waals surface area contributed by atoms with Crippen LogP contribution in [0, 0.1) is 0 Å². The van der Waals surface area contributed by atoms with Crippen LogP contribution >= 0.6 is 15.9 Å². The van der Waals surface area contributed by atoms with Crippen molar-refractivity contribution in [1.82, 2.24) is 19.7 Å². The molecule has 3 rings (SSSR count). The van der Waals surface area contributed by atoms with Gasteiger partial charge in [0.2, 0.25) is 0 Å². The Morgan fingerprint density at radius 2 is 2.21 bits per heavy atom. The molecule has 1 aliphatic rings. The molecule has 0 radical (unpaired) electrons. The fourth-order valence-corrected chi connectivity index (χ4v) is 2.74. The van der Waals surface area contributed by atoms with E-state index < -0.39 is 0 Å². The van der Waals surface area contributed by atoms with Gasteiger partial charge in [0.25, 0.3) is 0 Å². The summed E-state index contributed by atoms with van der Waals surface area (Å²) in [6, 6.07) is 0. The molecule has 0 saturated heterocycles. The second-order valence-corrected chi connectivity index (χ2v) is 5.50. The van der Waals surface area contributed by atoms with Gasteiger partial charge >= 0.3 is 0 Å². The SMILES string of the molecule is CCn1cc(-c2nc(NC)c(Br)c(C3CC3)n2)cn1. The van der Waals surface area contributed by atoms with Crippen LogP contribution in [0.5, 0.6) is 0 Å². The lowest BCUT2D eigenvalue weighted by Gasteiger charge is -2.09. The normalized spacial score (nSPS) is 14.7. The Hall–Kier alpha value is -1.43. The van der Waals surface area contributed by atoms with Gasteiger partial charge in [-0.15, -0.1) is 0 Å². The lowest BCUT2D eigenvalue weighted by molar-refractivity contribution is 0.660. The highest BCUT2D eigenvalue weighted by Crippen LogP contribution is 2.44. The van der Waals surface area contributed by atoms with Gasteiger partial charge in [-0.1, -0.05) is 0 Å². The molecule has 19 heavy (non-hydrogen) atoms. The van der Waals surface area contributed by atoms with Crippen molar-refractivity contribution in [3.05, 3.63) is 22.6 Å². The summed E-state index contributed by atoms with van der Waals surface area (Å²) in [5.41, 5.74) is 2.08. The number of anilines is 1. The largest absolute Gasteiger partial charge is 0.372 e. The summed E-state index contributed by atoms with van der Waals surface area (Å²) in [6.45, 7) is 2.92. The predicted octanol–water partition coefficient (Wildman–Crippen LogP) is 3.04. The maximum Gasteiger partial charge on any atom is 0.165 e. The maximum atomic E-state index is 4.71. The number of nitrogens with one attached hydrogen (secondary N) is 1. The topological polar surface area (TPSA) is 55.6 Å². The number of aryl methyl sites for hydroxylation is 1. The summed E-state index contributed by atoms with van der Waals surface area (Å²) < 4.78 is 2.88. The van der Waals surface area contributed by atoms with E-state index in [4.69, 9.17) is 4.98 Å². The number of hydrogen-bond donors (Lipinski definition) is 1. The summed E-state index contributed by atoms with van der Waals surface area (Å²) in [4.78, 5) is 9.27. The Balaban J connectivity index is 2.07. The van der Waals surface area contributed by atoms with E-state index in [-0.39, 0.29) is 0 Å². The van der Waals surface area contributed by atoms with Crippen LogP contribution < -0.4 is 5.32 Å². The van der Waals surface area contributed by atoms with Gasteiger partial charge in [-0.3, -0.25) is 4.68 Å². The van der Waals surface area contributed by atoms with Gasteiger partial charge in [-0.2, -0.15) is 5.10 Å². The van der Waals surface area contributed by atoms with Gasteiger partial charge in [0.1, 0.15) is 5.82 Å².